The summed E-state index contributed by atoms with van der Waals surface area (Å²) in [5, 5.41) is 0. The minimum Gasteiger partial charge on any atom is -0.493 e. The smallest absolute Gasteiger partial charge is 0.493 e. The summed E-state index contributed by atoms with van der Waals surface area (Å²) in [4.78, 5) is 57.7. The molecule has 0 aromatic heterocycles. The minimum atomic E-state index is -7.06. The molecule has 16 saturated carbocycles. The van der Waals surface area contributed by atoms with Crippen molar-refractivity contribution < 1.29 is 89.9 Å². The largest absolute Gasteiger partial charge is 0.498 e. The zero-order valence-electron chi connectivity index (χ0n) is 68.4. The molecule has 0 spiro atoms. The molecule has 0 radical (unpaired) electrons. The highest BCUT2D eigenvalue weighted by atomic mass is 32.3. The molecular weight excluding hydrogens is 1570 g/mol. The molecular formula is C93H110F2O18S4. The van der Waals surface area contributed by atoms with Crippen molar-refractivity contribution in [2.24, 2.45) is 92.7 Å². The summed E-state index contributed by atoms with van der Waals surface area (Å²) in [6, 6.07) is 26.7. The second kappa shape index (κ2) is 30.1. The molecule has 0 heterocycles. The first-order valence-electron chi connectivity index (χ1n) is 42.5. The van der Waals surface area contributed by atoms with Crippen LogP contribution in [-0.4, -0.2) is 73.7 Å². The average Bonchev–Trinajstić information content (AvgIpc) is 0.614. The van der Waals surface area contributed by atoms with Gasteiger partial charge in [-0.2, -0.15) is 25.6 Å². The molecule has 0 aliphatic heterocycles. The van der Waals surface area contributed by atoms with Crippen LogP contribution in [0.25, 0.3) is 0 Å². The van der Waals surface area contributed by atoms with Crippen molar-refractivity contribution in [2.45, 2.75) is 241 Å². The predicted octanol–water partition coefficient (Wildman–Crippen LogP) is 21.3. The van der Waals surface area contributed by atoms with Gasteiger partial charge in [0.05, 0.1) is 54.1 Å². The van der Waals surface area contributed by atoms with Crippen LogP contribution in [0.4, 0.5) is 8.78 Å². The van der Waals surface area contributed by atoms with Gasteiger partial charge in [-0.25, -0.2) is 7.26 Å². The Morgan fingerprint density at radius 2 is 0.504 bits per heavy atom. The van der Waals surface area contributed by atoms with E-state index in [4.69, 9.17) is 45.2 Å². The first kappa shape index (κ1) is 80.8. The number of methoxy groups -OCH3 is 4. The second-order valence-electron chi connectivity index (χ2n) is 38.4. The lowest BCUT2D eigenvalue weighted by Crippen LogP contribution is -2.47. The van der Waals surface area contributed by atoms with Crippen LogP contribution in [0.1, 0.15) is 202 Å². The van der Waals surface area contributed by atoms with Crippen molar-refractivity contribution in [3.8, 4) is 46.0 Å². The van der Waals surface area contributed by atoms with Crippen molar-refractivity contribution in [2.75, 3.05) is 28.4 Å². The number of hydrogen-bond donors (Lipinski definition) is 0. The number of alkyl halides is 2. The molecule has 16 aliphatic rings. The van der Waals surface area contributed by atoms with Crippen LogP contribution in [0.3, 0.4) is 0 Å². The monoisotopic (exact) mass is 1680 g/mol. The van der Waals surface area contributed by atoms with Gasteiger partial charge >= 0.3 is 48.7 Å². The van der Waals surface area contributed by atoms with Crippen molar-refractivity contribution in [3.05, 3.63) is 131 Å². The van der Waals surface area contributed by atoms with Crippen molar-refractivity contribution >= 4 is 64.7 Å². The third kappa shape index (κ3) is 14.3. The Kier molecular flexibility index (Phi) is 20.8. The lowest BCUT2D eigenvalue weighted by Gasteiger charge is -2.56. The van der Waals surface area contributed by atoms with Gasteiger partial charge < -0.3 is 37.9 Å². The molecule has 6 aromatic carbocycles. The van der Waals surface area contributed by atoms with Crippen LogP contribution in [0.2, 0.25) is 0 Å². The number of carbonyl (C=O) groups is 4. The molecule has 24 heteroatoms. The van der Waals surface area contributed by atoms with E-state index in [1.807, 2.05) is 0 Å². The van der Waals surface area contributed by atoms with Crippen LogP contribution in [-0.2, 0) is 46.7 Å². The summed E-state index contributed by atoms with van der Waals surface area (Å²) in [6.07, 6.45) is 25.6. The molecule has 0 unspecified atom stereocenters. The predicted molar refractivity (Wildman–Crippen MR) is 437 cm³/mol. The van der Waals surface area contributed by atoms with Crippen LogP contribution >= 0.6 is 20.6 Å². The van der Waals surface area contributed by atoms with Gasteiger partial charge in [0.2, 0.25) is 0 Å². The summed E-state index contributed by atoms with van der Waals surface area (Å²) in [5.41, 5.74) is -0.630. The normalized spacial score (nSPS) is 32.2. The highest BCUT2D eigenvalue weighted by molar-refractivity contribution is 8.35. The summed E-state index contributed by atoms with van der Waals surface area (Å²) in [7, 11) is -17.7. The van der Waals surface area contributed by atoms with Gasteiger partial charge in [-0.3, -0.25) is 19.2 Å². The van der Waals surface area contributed by atoms with Gasteiger partial charge in [-0.1, -0.05) is 36.4 Å². The van der Waals surface area contributed by atoms with E-state index < -0.39 is 69.3 Å². The fourth-order valence-electron chi connectivity index (χ4n) is 27.7. The number of ether oxygens (including phenoxy) is 8. The third-order valence-corrected chi connectivity index (χ3v) is 41.7. The van der Waals surface area contributed by atoms with E-state index in [9.17, 15) is 19.2 Å². The van der Waals surface area contributed by atoms with Crippen LogP contribution in [0.5, 0.6) is 46.0 Å². The fourth-order valence-corrected chi connectivity index (χ4v) is 39.5. The Morgan fingerprint density at radius 1 is 0.316 bits per heavy atom. The van der Waals surface area contributed by atoms with Crippen molar-refractivity contribution in [3.63, 3.8) is 0 Å². The molecule has 0 N–H and O–H groups in total. The molecule has 0 atom stereocenters. The topological polar surface area (TPSA) is 229 Å². The third-order valence-electron chi connectivity index (χ3n) is 30.1. The Balaban J connectivity index is 0.757. The first-order chi connectivity index (χ1) is 55.9. The maximum atomic E-state index is 19.5. The molecule has 18 nitrogen and oxygen atoms in total. The molecule has 0 amide bonds. The Bertz CT molecular complexity index is 4490. The molecule has 628 valence electrons. The van der Waals surface area contributed by atoms with E-state index in [1.165, 1.54) is 101 Å². The van der Waals surface area contributed by atoms with E-state index in [-0.39, 0.29) is 145 Å². The molecule has 0 saturated heterocycles. The number of carbonyl (C=O) groups excluding carboxylic acids is 4. The number of esters is 4. The van der Waals surface area contributed by atoms with Gasteiger partial charge in [-0.05, 0) is 368 Å². The Hall–Kier alpha value is -7.22. The van der Waals surface area contributed by atoms with Crippen LogP contribution in [0.15, 0.2) is 139 Å². The first-order valence-corrected chi connectivity index (χ1v) is 48.4. The van der Waals surface area contributed by atoms with Crippen molar-refractivity contribution in [1.82, 2.24) is 0 Å². The highest BCUT2D eigenvalue weighted by Crippen LogP contribution is 2.77. The van der Waals surface area contributed by atoms with E-state index in [1.54, 1.807) is 64.1 Å². The molecule has 6 aromatic rings. The van der Waals surface area contributed by atoms with Gasteiger partial charge in [0.25, 0.3) is 0 Å². The number of halogens is 2. The van der Waals surface area contributed by atoms with Gasteiger partial charge in [0, 0.05) is 51.6 Å². The lowest BCUT2D eigenvalue weighted by molar-refractivity contribution is -0.144. The van der Waals surface area contributed by atoms with Crippen LogP contribution < -0.4 is 37.9 Å². The standard InChI is InChI=1S/C93H110F2O18S4/c1-55-77(23-19-73(85(55)104-5)108-81(96)51-89-39-59-27-60(40-89)29-61(28-59)41-89)114(71-15-11-9-12-16-71,78-24-20-74(86(105-6)56(78)2)109-82(97)52-90-42-62-30-63(43-90)32-64(31-62)44-90)112-116(100,101)93(94,95)117(102,103)113-115(72-17-13-10-14-18-72,79-25-21-75(87(106-7)57(79)3)110-83(98)53-91-45-65-33-66(46-91)35-67(34-65)47-91)80-26-22-76(88(107-8)58(80)4)111-84(99)54-92-48-68-36-69(49-92)38-70(37-68)50-92/h9-26,59-70H,27-54H2,1-8H3. The quantitative estimate of drug-likeness (QED) is 0.0328. The average molecular weight is 1680 g/mol. The van der Waals surface area contributed by atoms with Crippen LogP contribution in [0, 0.1) is 120 Å². The van der Waals surface area contributed by atoms with Gasteiger partial charge in [-0.15, -0.1) is 0 Å². The maximum Gasteiger partial charge on any atom is 0.498 e. The van der Waals surface area contributed by atoms with E-state index >= 15 is 25.6 Å². The van der Waals surface area contributed by atoms with E-state index in [0.29, 0.717) is 71.0 Å². The van der Waals surface area contributed by atoms with E-state index in [0.717, 1.165) is 154 Å². The molecule has 117 heavy (non-hydrogen) atoms. The number of hydrogen-bond acceptors (Lipinski definition) is 18. The zero-order chi connectivity index (χ0) is 81.7. The van der Waals surface area contributed by atoms with Gasteiger partial charge in [0.15, 0.2) is 46.0 Å². The fraction of sp³-hybridized carbons (Fsp3) is 0.570. The molecule has 16 fully saturated rings. The maximum absolute atomic E-state index is 19.5. The molecule has 22 rings (SSSR count). The Labute approximate surface area is 690 Å². The number of benzene rings is 6. The summed E-state index contributed by atoms with van der Waals surface area (Å²) in [5.74, 6) is 4.04. The Morgan fingerprint density at radius 3 is 0.684 bits per heavy atom. The molecule has 16 bridgehead atoms. The van der Waals surface area contributed by atoms with Gasteiger partial charge in [0.1, 0.15) is 0 Å². The second-order valence-corrected chi connectivity index (χ2v) is 47.5. The number of rotatable bonds is 28. The summed E-state index contributed by atoms with van der Waals surface area (Å²) >= 11 is 0. The summed E-state index contributed by atoms with van der Waals surface area (Å²) < 4.78 is 162. The molecule has 16 aliphatic carbocycles. The highest BCUT2D eigenvalue weighted by Gasteiger charge is 2.66. The van der Waals surface area contributed by atoms with E-state index in [2.05, 4.69) is 0 Å². The van der Waals surface area contributed by atoms with Crippen molar-refractivity contribution in [1.29, 1.82) is 0 Å². The SMILES string of the molecule is COc1c(OC(=O)CC23CC4CC(CC(C4)C2)C3)ccc(S(OS(=O)(=O)C(F)(F)S(=O)(=O)OS(c2ccccc2)(c2ccc(OC(=O)CC34CC5CC(CC(C5)C3)C4)c(OC)c2C)c2ccc(OC(=O)CC34CC5CC(CC(C5)C3)C4)c(OC)c2C)(c2ccccc2)c2ccc(OC(=O)CC34CC5CC(CC(C5)C3)C4)c(OC)c2C)c1C. The lowest BCUT2D eigenvalue weighted by atomic mass is 9.49. The zero-order valence-corrected chi connectivity index (χ0v) is 71.6. The minimum absolute atomic E-state index is 0.0386. The summed E-state index contributed by atoms with van der Waals surface area (Å²) in [6.45, 7) is 6.19.